The van der Waals surface area contributed by atoms with Gasteiger partial charge in [-0.15, -0.1) is 11.3 Å². The van der Waals surface area contributed by atoms with Gasteiger partial charge in [0.15, 0.2) is 5.78 Å². The summed E-state index contributed by atoms with van der Waals surface area (Å²) >= 11 is 1.34. The van der Waals surface area contributed by atoms with E-state index < -0.39 is 24.2 Å². The Balaban J connectivity index is 1.65. The Morgan fingerprint density at radius 1 is 0.972 bits per heavy atom. The van der Waals surface area contributed by atoms with Crippen LogP contribution in [0.3, 0.4) is 0 Å². The van der Waals surface area contributed by atoms with E-state index in [2.05, 4.69) is 10.6 Å². The molecule has 1 aromatic heterocycles. The largest absolute Gasteiger partial charge is 0.445 e. The molecule has 3 unspecified atom stereocenters. The zero-order chi connectivity index (χ0) is 26.2. The van der Waals surface area contributed by atoms with Gasteiger partial charge in [-0.2, -0.15) is 0 Å². The lowest BCUT2D eigenvalue weighted by Crippen LogP contribution is -2.57. The molecule has 0 spiro atoms. The van der Waals surface area contributed by atoms with E-state index in [1.807, 2.05) is 63.4 Å². The van der Waals surface area contributed by atoms with Gasteiger partial charge in [-0.25, -0.2) is 4.79 Å². The van der Waals surface area contributed by atoms with E-state index in [9.17, 15) is 19.2 Å². The van der Waals surface area contributed by atoms with E-state index >= 15 is 0 Å². The fourth-order valence-corrected chi connectivity index (χ4v) is 4.95. The SMILES string of the molecule is CC(C)C(NC(=O)C1CCCN1C(=O)C(NC(=O)OCc1ccccc1)C(C)C)C(=O)c1cccs1. The van der Waals surface area contributed by atoms with Crippen LogP contribution in [0.2, 0.25) is 0 Å². The first kappa shape index (κ1) is 27.4. The topological polar surface area (TPSA) is 105 Å². The van der Waals surface area contributed by atoms with Gasteiger partial charge in [0.2, 0.25) is 11.8 Å². The van der Waals surface area contributed by atoms with Crippen LogP contribution in [0.1, 0.15) is 55.8 Å². The number of alkyl carbamates (subject to hydrolysis) is 1. The van der Waals surface area contributed by atoms with Crippen molar-refractivity contribution in [1.29, 1.82) is 0 Å². The fourth-order valence-electron chi connectivity index (χ4n) is 4.24. The maximum atomic E-state index is 13.5. The van der Waals surface area contributed by atoms with E-state index in [0.29, 0.717) is 24.3 Å². The third-order valence-corrected chi connectivity index (χ3v) is 7.15. The first-order valence-electron chi connectivity index (χ1n) is 12.3. The van der Waals surface area contributed by atoms with Gasteiger partial charge in [0.25, 0.3) is 0 Å². The van der Waals surface area contributed by atoms with Crippen molar-refractivity contribution >= 4 is 35.0 Å². The zero-order valence-corrected chi connectivity index (χ0v) is 22.0. The molecular formula is C27H35N3O5S. The molecule has 1 aliphatic rings. The summed E-state index contributed by atoms with van der Waals surface area (Å²) in [7, 11) is 0. The van der Waals surface area contributed by atoms with Crippen molar-refractivity contribution in [3.63, 3.8) is 0 Å². The van der Waals surface area contributed by atoms with E-state index in [-0.39, 0.29) is 36.0 Å². The molecule has 1 aromatic carbocycles. The van der Waals surface area contributed by atoms with Crippen LogP contribution in [0, 0.1) is 11.8 Å². The van der Waals surface area contributed by atoms with Gasteiger partial charge in [-0.05, 0) is 41.7 Å². The van der Waals surface area contributed by atoms with Gasteiger partial charge in [-0.1, -0.05) is 64.1 Å². The van der Waals surface area contributed by atoms with Crippen molar-refractivity contribution in [2.24, 2.45) is 11.8 Å². The standard InChI is InChI=1S/C27H35N3O5S/c1-17(2)22(24(31)21-13-9-15-36-21)28-25(32)20-12-8-14-30(20)26(33)23(18(3)4)29-27(34)35-16-19-10-6-5-7-11-19/h5-7,9-11,13,15,17-18,20,22-23H,8,12,14,16H2,1-4H3,(H,28,32)(H,29,34). The minimum absolute atomic E-state index is 0.0925. The summed E-state index contributed by atoms with van der Waals surface area (Å²) < 4.78 is 5.30. The summed E-state index contributed by atoms with van der Waals surface area (Å²) in [5.41, 5.74) is 0.841. The molecule has 2 aromatic rings. The summed E-state index contributed by atoms with van der Waals surface area (Å²) in [6.07, 6.45) is 0.476. The molecule has 2 N–H and O–H groups in total. The van der Waals surface area contributed by atoms with Gasteiger partial charge in [0.05, 0.1) is 10.9 Å². The minimum Gasteiger partial charge on any atom is -0.445 e. The number of Topliss-reactive ketones (excluding diaryl/α,β-unsaturated/α-hetero) is 1. The van der Waals surface area contributed by atoms with Crippen LogP contribution in [0.25, 0.3) is 0 Å². The quantitative estimate of drug-likeness (QED) is 0.467. The molecule has 3 atom stereocenters. The predicted octanol–water partition coefficient (Wildman–Crippen LogP) is 4.01. The van der Waals surface area contributed by atoms with Crippen molar-refractivity contribution in [2.45, 2.75) is 65.3 Å². The summed E-state index contributed by atoms with van der Waals surface area (Å²) in [6, 6.07) is 10.6. The number of thiophene rings is 1. The number of hydrogen-bond acceptors (Lipinski definition) is 6. The van der Waals surface area contributed by atoms with Crippen LogP contribution in [0.5, 0.6) is 0 Å². The van der Waals surface area contributed by atoms with Crippen molar-refractivity contribution in [3.05, 3.63) is 58.3 Å². The van der Waals surface area contributed by atoms with E-state index in [0.717, 1.165) is 5.56 Å². The molecule has 3 amide bonds. The number of nitrogens with zero attached hydrogens (tertiary/aromatic N) is 1. The third kappa shape index (κ3) is 6.94. The Morgan fingerprint density at radius 2 is 1.67 bits per heavy atom. The number of rotatable bonds is 10. The normalized spacial score (nSPS) is 17.1. The Morgan fingerprint density at radius 3 is 2.28 bits per heavy atom. The van der Waals surface area contributed by atoms with Crippen LogP contribution >= 0.6 is 11.3 Å². The molecule has 0 bridgehead atoms. The smallest absolute Gasteiger partial charge is 0.408 e. The Labute approximate surface area is 216 Å². The van der Waals surface area contributed by atoms with E-state index in [4.69, 9.17) is 4.74 Å². The highest BCUT2D eigenvalue weighted by atomic mass is 32.1. The highest BCUT2D eigenvalue weighted by molar-refractivity contribution is 7.12. The van der Waals surface area contributed by atoms with E-state index in [1.165, 1.54) is 16.2 Å². The molecule has 0 aliphatic carbocycles. The molecule has 9 heteroatoms. The lowest BCUT2D eigenvalue weighted by atomic mass is 9.98. The first-order valence-corrected chi connectivity index (χ1v) is 13.2. The molecule has 3 rings (SSSR count). The fraction of sp³-hybridized carbons (Fsp3) is 0.481. The van der Waals surface area contributed by atoms with Crippen molar-refractivity contribution in [3.8, 4) is 0 Å². The number of nitrogens with one attached hydrogen (secondary N) is 2. The average Bonchev–Trinajstić information content (AvgIpc) is 3.56. The molecule has 36 heavy (non-hydrogen) atoms. The highest BCUT2D eigenvalue weighted by Gasteiger charge is 2.40. The maximum absolute atomic E-state index is 13.5. The van der Waals surface area contributed by atoms with Crippen LogP contribution in [0.15, 0.2) is 47.8 Å². The average molecular weight is 514 g/mol. The van der Waals surface area contributed by atoms with Gasteiger partial charge >= 0.3 is 6.09 Å². The Hall–Kier alpha value is -3.20. The molecule has 2 heterocycles. The highest BCUT2D eigenvalue weighted by Crippen LogP contribution is 2.22. The minimum atomic E-state index is -0.838. The van der Waals surface area contributed by atoms with Crippen LogP contribution in [-0.2, 0) is 20.9 Å². The van der Waals surface area contributed by atoms with Gasteiger partial charge < -0.3 is 20.3 Å². The second kappa shape index (κ2) is 12.7. The van der Waals surface area contributed by atoms with Gasteiger partial charge in [0.1, 0.15) is 18.7 Å². The number of carbonyl (C=O) groups excluding carboxylic acids is 4. The monoisotopic (exact) mass is 513 g/mol. The van der Waals surface area contributed by atoms with Crippen LogP contribution in [0.4, 0.5) is 4.79 Å². The molecule has 1 fully saturated rings. The molecule has 1 saturated heterocycles. The summed E-state index contributed by atoms with van der Waals surface area (Å²) in [6.45, 7) is 7.93. The van der Waals surface area contributed by atoms with Gasteiger partial charge in [-0.3, -0.25) is 14.4 Å². The maximum Gasteiger partial charge on any atom is 0.408 e. The molecule has 194 valence electrons. The van der Waals surface area contributed by atoms with Crippen molar-refractivity contribution in [2.75, 3.05) is 6.54 Å². The third-order valence-electron chi connectivity index (χ3n) is 6.27. The zero-order valence-electron chi connectivity index (χ0n) is 21.2. The first-order chi connectivity index (χ1) is 17.2. The number of carbonyl (C=O) groups is 4. The molecular weight excluding hydrogens is 478 g/mol. The Bertz CT molecular complexity index is 1040. The van der Waals surface area contributed by atoms with Gasteiger partial charge in [0, 0.05) is 6.54 Å². The number of ketones is 1. The van der Waals surface area contributed by atoms with Crippen molar-refractivity contribution in [1.82, 2.24) is 15.5 Å². The lowest BCUT2D eigenvalue weighted by Gasteiger charge is -2.31. The lowest BCUT2D eigenvalue weighted by molar-refractivity contribution is -0.141. The number of ether oxygens (including phenoxy) is 1. The van der Waals surface area contributed by atoms with Crippen molar-refractivity contribution < 1.29 is 23.9 Å². The molecule has 0 saturated carbocycles. The molecule has 1 aliphatic heterocycles. The summed E-state index contributed by atoms with van der Waals surface area (Å²) in [5, 5.41) is 7.40. The molecule has 8 nitrogen and oxygen atoms in total. The number of likely N-dealkylation sites (tertiary alicyclic amines) is 1. The number of hydrogen-bond donors (Lipinski definition) is 2. The van der Waals surface area contributed by atoms with Crippen LogP contribution < -0.4 is 10.6 Å². The number of amides is 3. The second-order valence-corrected chi connectivity index (χ2v) is 10.6. The van der Waals surface area contributed by atoms with E-state index in [1.54, 1.807) is 12.1 Å². The Kier molecular flexibility index (Phi) is 9.64. The number of benzene rings is 1. The second-order valence-electron chi connectivity index (χ2n) is 9.69. The summed E-state index contributed by atoms with van der Waals surface area (Å²) in [4.78, 5) is 54.2. The van der Waals surface area contributed by atoms with Crippen LogP contribution in [-0.4, -0.2) is 53.3 Å². The predicted molar refractivity (Wildman–Crippen MR) is 139 cm³/mol. The summed E-state index contributed by atoms with van der Waals surface area (Å²) in [5.74, 6) is -1.14. The molecule has 0 radical (unpaired) electrons.